The van der Waals surface area contributed by atoms with Gasteiger partial charge in [-0.05, 0) is 48.9 Å². The molecule has 1 atom stereocenters. The number of amides is 2. The molecule has 1 aromatic rings. The van der Waals surface area contributed by atoms with E-state index in [-0.39, 0.29) is 23.0 Å². The molecule has 2 heterocycles. The van der Waals surface area contributed by atoms with Gasteiger partial charge in [-0.2, -0.15) is 0 Å². The van der Waals surface area contributed by atoms with Gasteiger partial charge in [0.25, 0.3) is 5.91 Å². The highest BCUT2D eigenvalue weighted by atomic mass is 19.1. The standard InChI is InChI=1S/C20H27FN2O3/c1-14-10-17(21)4-5-18(14)19(25)22-8-6-20(7-9-22)13-23(15(2)24)11-16(20)12-26-3/h4-5,10,16H,6-9,11-13H2,1-3H3. The molecule has 1 spiro atoms. The van der Waals surface area contributed by atoms with Gasteiger partial charge in [-0.15, -0.1) is 0 Å². The summed E-state index contributed by atoms with van der Waals surface area (Å²) in [4.78, 5) is 28.4. The molecule has 6 heteroatoms. The van der Waals surface area contributed by atoms with Crippen LogP contribution in [0.5, 0.6) is 0 Å². The summed E-state index contributed by atoms with van der Waals surface area (Å²) in [5, 5.41) is 0. The lowest BCUT2D eigenvalue weighted by atomic mass is 9.71. The van der Waals surface area contributed by atoms with Crippen LogP contribution in [0.2, 0.25) is 0 Å². The minimum Gasteiger partial charge on any atom is -0.384 e. The van der Waals surface area contributed by atoms with E-state index in [0.717, 1.165) is 25.9 Å². The zero-order valence-electron chi connectivity index (χ0n) is 15.8. The van der Waals surface area contributed by atoms with E-state index in [1.54, 1.807) is 27.0 Å². The highest BCUT2D eigenvalue weighted by molar-refractivity contribution is 5.95. The van der Waals surface area contributed by atoms with Crippen molar-refractivity contribution in [3.63, 3.8) is 0 Å². The zero-order chi connectivity index (χ0) is 18.9. The van der Waals surface area contributed by atoms with Gasteiger partial charge in [-0.25, -0.2) is 4.39 Å². The Labute approximate surface area is 154 Å². The van der Waals surface area contributed by atoms with Gasteiger partial charge in [0, 0.05) is 51.7 Å². The number of halogens is 1. The topological polar surface area (TPSA) is 49.9 Å². The van der Waals surface area contributed by atoms with Crippen molar-refractivity contribution in [3.8, 4) is 0 Å². The smallest absolute Gasteiger partial charge is 0.254 e. The Morgan fingerprint density at radius 2 is 1.96 bits per heavy atom. The third kappa shape index (κ3) is 3.47. The van der Waals surface area contributed by atoms with Crippen molar-refractivity contribution < 1.29 is 18.7 Å². The molecule has 2 aliphatic heterocycles. The van der Waals surface area contributed by atoms with E-state index in [1.165, 1.54) is 12.1 Å². The summed E-state index contributed by atoms with van der Waals surface area (Å²) in [5.74, 6) is 0.0426. The van der Waals surface area contributed by atoms with Gasteiger partial charge in [0.2, 0.25) is 5.91 Å². The largest absolute Gasteiger partial charge is 0.384 e. The molecule has 0 aliphatic carbocycles. The van der Waals surface area contributed by atoms with Crippen molar-refractivity contribution in [3.05, 3.63) is 35.1 Å². The minimum absolute atomic E-state index is 0.0241. The van der Waals surface area contributed by atoms with Crippen LogP contribution >= 0.6 is 0 Å². The summed E-state index contributed by atoms with van der Waals surface area (Å²) < 4.78 is 18.7. The van der Waals surface area contributed by atoms with Crippen LogP contribution in [0.3, 0.4) is 0 Å². The number of ether oxygens (including phenoxy) is 1. The van der Waals surface area contributed by atoms with E-state index in [4.69, 9.17) is 4.74 Å². The van der Waals surface area contributed by atoms with Crippen LogP contribution in [0.15, 0.2) is 18.2 Å². The Kier molecular flexibility index (Phi) is 5.32. The number of hydrogen-bond acceptors (Lipinski definition) is 3. The first-order chi connectivity index (χ1) is 12.4. The average molecular weight is 362 g/mol. The number of hydrogen-bond donors (Lipinski definition) is 0. The Bertz CT molecular complexity index is 698. The monoisotopic (exact) mass is 362 g/mol. The maximum atomic E-state index is 13.3. The lowest BCUT2D eigenvalue weighted by Crippen LogP contribution is -2.47. The van der Waals surface area contributed by atoms with Crippen LogP contribution < -0.4 is 0 Å². The second-order valence-electron chi connectivity index (χ2n) is 7.67. The molecule has 0 N–H and O–H groups in total. The normalized spacial score (nSPS) is 22.1. The third-order valence-electron chi connectivity index (χ3n) is 6.09. The first-order valence-corrected chi connectivity index (χ1v) is 9.16. The summed E-state index contributed by atoms with van der Waals surface area (Å²) in [6.07, 6.45) is 1.72. The summed E-state index contributed by atoms with van der Waals surface area (Å²) in [6.45, 7) is 6.79. The van der Waals surface area contributed by atoms with Crippen LogP contribution in [0.4, 0.5) is 4.39 Å². The van der Waals surface area contributed by atoms with Crippen LogP contribution in [0.1, 0.15) is 35.7 Å². The van der Waals surface area contributed by atoms with Gasteiger partial charge in [-0.3, -0.25) is 9.59 Å². The van der Waals surface area contributed by atoms with Crippen LogP contribution in [-0.2, 0) is 9.53 Å². The Hall–Kier alpha value is -1.95. The predicted molar refractivity (Wildman–Crippen MR) is 96.3 cm³/mol. The van der Waals surface area contributed by atoms with Gasteiger partial charge < -0.3 is 14.5 Å². The van der Waals surface area contributed by atoms with E-state index in [9.17, 15) is 14.0 Å². The van der Waals surface area contributed by atoms with Gasteiger partial charge in [0.05, 0.1) is 6.61 Å². The Balaban J connectivity index is 1.71. The van der Waals surface area contributed by atoms with Crippen molar-refractivity contribution in [2.75, 3.05) is 39.9 Å². The van der Waals surface area contributed by atoms with Gasteiger partial charge >= 0.3 is 0 Å². The molecular weight excluding hydrogens is 335 g/mol. The second kappa shape index (κ2) is 7.35. The maximum Gasteiger partial charge on any atom is 0.254 e. The van der Waals surface area contributed by atoms with E-state index in [0.29, 0.717) is 36.7 Å². The van der Waals surface area contributed by atoms with E-state index >= 15 is 0 Å². The molecule has 2 amide bonds. The van der Waals surface area contributed by atoms with Crippen LogP contribution in [-0.4, -0.2) is 61.5 Å². The van der Waals surface area contributed by atoms with Crippen LogP contribution in [0, 0.1) is 24.1 Å². The number of aryl methyl sites for hydroxylation is 1. The highest BCUT2D eigenvalue weighted by Crippen LogP contribution is 2.45. The molecule has 0 radical (unpaired) electrons. The SMILES string of the molecule is COCC1CN(C(C)=O)CC12CCN(C(=O)c1ccc(F)cc1C)CC2. The lowest BCUT2D eigenvalue weighted by Gasteiger charge is -2.42. The van der Waals surface area contributed by atoms with Gasteiger partial charge in [0.15, 0.2) is 0 Å². The second-order valence-corrected chi connectivity index (χ2v) is 7.67. The molecule has 2 fully saturated rings. The van der Waals surface area contributed by atoms with E-state index < -0.39 is 0 Å². The fraction of sp³-hybridized carbons (Fsp3) is 0.600. The number of rotatable bonds is 3. The Morgan fingerprint density at radius 3 is 2.54 bits per heavy atom. The molecule has 26 heavy (non-hydrogen) atoms. The molecular formula is C20H27FN2O3. The molecule has 2 saturated heterocycles. The fourth-order valence-electron chi connectivity index (χ4n) is 4.46. The fourth-order valence-corrected chi connectivity index (χ4v) is 4.46. The molecule has 1 unspecified atom stereocenters. The number of carbonyl (C=O) groups excluding carboxylic acids is 2. The molecule has 0 saturated carbocycles. The maximum absolute atomic E-state index is 13.3. The van der Waals surface area contributed by atoms with Crippen molar-refractivity contribution in [2.45, 2.75) is 26.7 Å². The number of carbonyl (C=O) groups is 2. The van der Waals surface area contributed by atoms with Crippen molar-refractivity contribution in [1.29, 1.82) is 0 Å². The number of piperidine rings is 1. The lowest BCUT2D eigenvalue weighted by molar-refractivity contribution is -0.128. The summed E-state index contributed by atoms with van der Waals surface area (Å²) in [7, 11) is 1.69. The quantitative estimate of drug-likeness (QED) is 0.830. The number of nitrogens with zero attached hydrogens (tertiary/aromatic N) is 2. The molecule has 2 aliphatic rings. The molecule has 3 rings (SSSR count). The summed E-state index contributed by atoms with van der Waals surface area (Å²) in [5.41, 5.74) is 1.25. The Morgan fingerprint density at radius 1 is 1.27 bits per heavy atom. The molecule has 5 nitrogen and oxygen atoms in total. The number of benzene rings is 1. The number of methoxy groups -OCH3 is 1. The summed E-state index contributed by atoms with van der Waals surface area (Å²) in [6, 6.07) is 4.30. The predicted octanol–water partition coefficient (Wildman–Crippen LogP) is 2.48. The molecule has 142 valence electrons. The van der Waals surface area contributed by atoms with Gasteiger partial charge in [-0.1, -0.05) is 0 Å². The number of likely N-dealkylation sites (tertiary alicyclic amines) is 2. The molecule has 0 aromatic heterocycles. The van der Waals surface area contributed by atoms with Crippen molar-refractivity contribution >= 4 is 11.8 Å². The van der Waals surface area contributed by atoms with E-state index in [2.05, 4.69) is 0 Å². The van der Waals surface area contributed by atoms with E-state index in [1.807, 2.05) is 9.80 Å². The zero-order valence-corrected chi connectivity index (χ0v) is 15.8. The van der Waals surface area contributed by atoms with Crippen molar-refractivity contribution in [1.82, 2.24) is 9.80 Å². The van der Waals surface area contributed by atoms with Gasteiger partial charge in [0.1, 0.15) is 5.82 Å². The first-order valence-electron chi connectivity index (χ1n) is 9.16. The first kappa shape index (κ1) is 18.8. The average Bonchev–Trinajstić information content (AvgIpc) is 2.94. The highest BCUT2D eigenvalue weighted by Gasteiger charge is 2.49. The summed E-state index contributed by atoms with van der Waals surface area (Å²) >= 11 is 0. The minimum atomic E-state index is -0.325. The van der Waals surface area contributed by atoms with Crippen LogP contribution in [0.25, 0.3) is 0 Å². The molecule has 1 aromatic carbocycles. The third-order valence-corrected chi connectivity index (χ3v) is 6.09. The van der Waals surface area contributed by atoms with Crippen molar-refractivity contribution in [2.24, 2.45) is 11.3 Å². The molecule has 0 bridgehead atoms.